The van der Waals surface area contributed by atoms with E-state index in [4.69, 9.17) is 4.74 Å². The van der Waals surface area contributed by atoms with Gasteiger partial charge in [-0.15, -0.1) is 24.0 Å². The monoisotopic (exact) mass is 569 g/mol. The summed E-state index contributed by atoms with van der Waals surface area (Å²) in [6.45, 7) is 9.68. The van der Waals surface area contributed by atoms with Gasteiger partial charge in [-0.05, 0) is 51.8 Å². The van der Waals surface area contributed by atoms with Crippen molar-refractivity contribution in [3.05, 3.63) is 29.8 Å². The molecule has 1 amide bonds. The molecule has 0 atom stereocenters. The normalized spacial score (nSPS) is 12.2. The molecule has 1 aromatic rings. The molecule has 11 heteroatoms. The van der Waals surface area contributed by atoms with E-state index in [0.717, 1.165) is 5.56 Å². The zero-order chi connectivity index (χ0) is 22.8. The van der Waals surface area contributed by atoms with Crippen LogP contribution >= 0.6 is 24.0 Å². The summed E-state index contributed by atoms with van der Waals surface area (Å²) in [6.07, 6.45) is 0.281. The molecule has 1 rings (SSSR count). The summed E-state index contributed by atoms with van der Waals surface area (Å²) in [5, 5.41) is 9.08. The van der Waals surface area contributed by atoms with Crippen LogP contribution in [0.1, 0.15) is 39.7 Å². The fraction of sp³-hybridized carbons (Fsp3) is 0.600. The highest BCUT2D eigenvalue weighted by Gasteiger charge is 2.16. The van der Waals surface area contributed by atoms with Crippen LogP contribution in [-0.2, 0) is 21.3 Å². The van der Waals surface area contributed by atoms with Crippen LogP contribution in [0.3, 0.4) is 0 Å². The number of rotatable bonds is 9. The Morgan fingerprint density at radius 1 is 1.06 bits per heavy atom. The highest BCUT2D eigenvalue weighted by molar-refractivity contribution is 14.0. The number of guanidine groups is 1. The molecular formula is C20H36IN5O4S. The van der Waals surface area contributed by atoms with E-state index in [1.165, 1.54) is 18.4 Å². The largest absolute Gasteiger partial charge is 0.444 e. The lowest BCUT2D eigenvalue weighted by atomic mass is 10.2. The van der Waals surface area contributed by atoms with E-state index in [1.54, 1.807) is 24.3 Å². The molecule has 178 valence electrons. The number of alkyl carbamates (subject to hydrolysis) is 1. The molecule has 0 fully saturated rings. The second kappa shape index (κ2) is 13.7. The first-order valence-corrected chi connectivity index (χ1v) is 11.4. The van der Waals surface area contributed by atoms with Crippen molar-refractivity contribution in [3.63, 3.8) is 0 Å². The number of amides is 1. The van der Waals surface area contributed by atoms with Crippen molar-refractivity contribution in [1.82, 2.24) is 20.3 Å². The average Bonchev–Trinajstić information content (AvgIpc) is 2.64. The summed E-state index contributed by atoms with van der Waals surface area (Å²) in [5.74, 6) is 0.653. The lowest BCUT2D eigenvalue weighted by Gasteiger charge is -2.19. The van der Waals surface area contributed by atoms with E-state index >= 15 is 0 Å². The second-order valence-electron chi connectivity index (χ2n) is 7.84. The maximum atomic E-state index is 12.1. The third-order valence-electron chi connectivity index (χ3n) is 3.78. The maximum absolute atomic E-state index is 12.1. The minimum Gasteiger partial charge on any atom is -0.444 e. The third kappa shape index (κ3) is 11.5. The number of sulfonamides is 1. The molecule has 0 aliphatic carbocycles. The van der Waals surface area contributed by atoms with Crippen LogP contribution < -0.4 is 16.0 Å². The first-order valence-electron chi connectivity index (χ1n) is 9.96. The third-order valence-corrected chi connectivity index (χ3v) is 5.61. The molecular weight excluding hydrogens is 533 g/mol. The molecule has 0 aliphatic rings. The van der Waals surface area contributed by atoms with Gasteiger partial charge in [-0.25, -0.2) is 22.5 Å². The van der Waals surface area contributed by atoms with Gasteiger partial charge in [0.05, 0.1) is 11.4 Å². The van der Waals surface area contributed by atoms with E-state index in [9.17, 15) is 13.2 Å². The predicted octanol–water partition coefficient (Wildman–Crippen LogP) is 2.52. The first kappa shape index (κ1) is 29.4. The van der Waals surface area contributed by atoms with Crippen molar-refractivity contribution in [2.75, 3.05) is 33.7 Å². The number of ether oxygens (including phenoxy) is 1. The summed E-state index contributed by atoms with van der Waals surface area (Å²) >= 11 is 0. The Morgan fingerprint density at radius 2 is 1.65 bits per heavy atom. The van der Waals surface area contributed by atoms with Crippen molar-refractivity contribution in [3.8, 4) is 0 Å². The van der Waals surface area contributed by atoms with Crippen LogP contribution in [0.4, 0.5) is 4.79 Å². The van der Waals surface area contributed by atoms with Crippen molar-refractivity contribution in [1.29, 1.82) is 0 Å². The summed E-state index contributed by atoms with van der Waals surface area (Å²) < 4.78 is 30.6. The number of carbonyl (C=O) groups is 1. The van der Waals surface area contributed by atoms with Crippen LogP contribution in [0.15, 0.2) is 34.2 Å². The number of aliphatic imine (C=N–C) groups is 1. The van der Waals surface area contributed by atoms with E-state index in [-0.39, 0.29) is 28.9 Å². The second-order valence-corrected chi connectivity index (χ2v) is 9.99. The highest BCUT2D eigenvalue weighted by Crippen LogP contribution is 2.14. The highest BCUT2D eigenvalue weighted by atomic mass is 127. The molecule has 0 heterocycles. The summed E-state index contributed by atoms with van der Waals surface area (Å²) in [7, 11) is -0.424. The maximum Gasteiger partial charge on any atom is 0.407 e. The van der Waals surface area contributed by atoms with Crippen molar-refractivity contribution in [2.45, 2.75) is 51.2 Å². The van der Waals surface area contributed by atoms with Crippen molar-refractivity contribution in [2.24, 2.45) is 4.99 Å². The van der Waals surface area contributed by atoms with Crippen LogP contribution in [0.2, 0.25) is 0 Å². The molecule has 0 saturated carbocycles. The van der Waals surface area contributed by atoms with Crippen LogP contribution in [0, 0.1) is 0 Å². The van der Waals surface area contributed by atoms with Gasteiger partial charge in [-0.2, -0.15) is 0 Å². The van der Waals surface area contributed by atoms with E-state index < -0.39 is 21.7 Å². The molecule has 0 radical (unpaired) electrons. The van der Waals surface area contributed by atoms with Gasteiger partial charge in [0.15, 0.2) is 5.96 Å². The van der Waals surface area contributed by atoms with Crippen LogP contribution in [-0.4, -0.2) is 64.1 Å². The summed E-state index contributed by atoms with van der Waals surface area (Å²) in [6, 6.07) is 6.69. The summed E-state index contributed by atoms with van der Waals surface area (Å²) in [5.41, 5.74) is 0.388. The molecule has 0 aliphatic heterocycles. The fourth-order valence-electron chi connectivity index (χ4n) is 2.29. The number of carbonyl (C=O) groups excluding carboxylic acids is 1. The standard InChI is InChI=1S/C20H35N5O4S.HI/c1-7-21-18(22-13-8-14-23-19(26)29-20(2,3)4)24-15-16-9-11-17(12-10-16)30(27,28)25(5)6;/h9-12H,7-8,13-15H2,1-6H3,(H,23,26)(H2,21,22,24);1H. The van der Waals surface area contributed by atoms with Gasteiger partial charge < -0.3 is 20.7 Å². The minimum atomic E-state index is -3.43. The molecule has 0 spiro atoms. The average molecular weight is 570 g/mol. The van der Waals surface area contributed by atoms with E-state index in [1.807, 2.05) is 27.7 Å². The summed E-state index contributed by atoms with van der Waals surface area (Å²) in [4.78, 5) is 16.4. The Labute approximate surface area is 203 Å². The number of hydrogen-bond donors (Lipinski definition) is 3. The van der Waals surface area contributed by atoms with Gasteiger partial charge in [-0.3, -0.25) is 0 Å². The van der Waals surface area contributed by atoms with E-state index in [2.05, 4.69) is 20.9 Å². The predicted molar refractivity (Wildman–Crippen MR) is 134 cm³/mol. The van der Waals surface area contributed by atoms with Gasteiger partial charge in [0.2, 0.25) is 10.0 Å². The number of halogens is 1. The Hall–Kier alpha value is -1.60. The van der Waals surface area contributed by atoms with Crippen molar-refractivity contribution < 1.29 is 17.9 Å². The number of hydrogen-bond acceptors (Lipinski definition) is 5. The zero-order valence-corrected chi connectivity index (χ0v) is 22.3. The van der Waals surface area contributed by atoms with Gasteiger partial charge >= 0.3 is 6.09 Å². The molecule has 3 N–H and O–H groups in total. The van der Waals surface area contributed by atoms with Gasteiger partial charge in [0.25, 0.3) is 0 Å². The Balaban J connectivity index is 0.00000900. The smallest absolute Gasteiger partial charge is 0.407 e. The minimum absolute atomic E-state index is 0. The molecule has 1 aromatic carbocycles. The Kier molecular flexibility index (Phi) is 13.0. The van der Waals surface area contributed by atoms with Gasteiger partial charge in [0, 0.05) is 33.7 Å². The molecule has 0 aromatic heterocycles. The Bertz CT molecular complexity index is 806. The lowest BCUT2D eigenvalue weighted by molar-refractivity contribution is 0.0527. The number of nitrogens with zero attached hydrogens (tertiary/aromatic N) is 2. The SMILES string of the molecule is CCNC(=NCc1ccc(S(=O)(=O)N(C)C)cc1)NCCCNC(=O)OC(C)(C)C.I. The van der Waals surface area contributed by atoms with Crippen molar-refractivity contribution >= 4 is 46.1 Å². The zero-order valence-electron chi connectivity index (χ0n) is 19.2. The van der Waals surface area contributed by atoms with E-state index in [0.29, 0.717) is 38.6 Å². The number of benzene rings is 1. The lowest BCUT2D eigenvalue weighted by Crippen LogP contribution is -2.39. The molecule has 31 heavy (non-hydrogen) atoms. The molecule has 0 saturated heterocycles. The van der Waals surface area contributed by atoms with Crippen LogP contribution in [0.25, 0.3) is 0 Å². The Morgan fingerprint density at radius 3 is 2.16 bits per heavy atom. The van der Waals surface area contributed by atoms with Gasteiger partial charge in [0.1, 0.15) is 5.60 Å². The molecule has 0 unspecified atom stereocenters. The van der Waals surface area contributed by atoms with Gasteiger partial charge in [-0.1, -0.05) is 12.1 Å². The van der Waals surface area contributed by atoms with Crippen LogP contribution in [0.5, 0.6) is 0 Å². The molecule has 9 nitrogen and oxygen atoms in total. The fourth-order valence-corrected chi connectivity index (χ4v) is 3.19. The number of nitrogens with one attached hydrogen (secondary N) is 3. The molecule has 0 bridgehead atoms. The topological polar surface area (TPSA) is 112 Å². The first-order chi connectivity index (χ1) is 14.0. The quantitative estimate of drug-likeness (QED) is 0.183.